The Labute approximate surface area is 151 Å². The Morgan fingerprint density at radius 1 is 1.28 bits per heavy atom. The van der Waals surface area contributed by atoms with Crippen molar-refractivity contribution >= 4 is 34.1 Å². The molecule has 1 unspecified atom stereocenters. The van der Waals surface area contributed by atoms with E-state index in [-0.39, 0.29) is 34.4 Å². The minimum absolute atomic E-state index is 0.0858. The Kier molecular flexibility index (Phi) is 6.11. The van der Waals surface area contributed by atoms with Crippen LogP contribution >= 0.6 is 11.6 Å². The summed E-state index contributed by atoms with van der Waals surface area (Å²) < 4.78 is 21.9. The number of hydrogen-bond donors (Lipinski definition) is 0. The molecule has 2 aromatic rings. The third-order valence-corrected chi connectivity index (χ3v) is 4.34. The first-order valence-corrected chi connectivity index (χ1v) is 9.03. The lowest BCUT2D eigenvalue weighted by molar-refractivity contribution is -0.385. The van der Waals surface area contributed by atoms with Crippen molar-refractivity contribution in [2.75, 3.05) is 12.9 Å². The second kappa shape index (κ2) is 8.09. The number of halogens is 1. The van der Waals surface area contributed by atoms with Gasteiger partial charge in [-0.25, -0.2) is 4.79 Å². The van der Waals surface area contributed by atoms with Gasteiger partial charge in [-0.05, 0) is 31.2 Å². The minimum Gasteiger partial charge on any atom is -0.462 e. The molecule has 0 aliphatic heterocycles. The third-order valence-electron chi connectivity index (χ3n) is 3.12. The van der Waals surface area contributed by atoms with Crippen molar-refractivity contribution in [3.8, 4) is 11.5 Å². The zero-order chi connectivity index (χ0) is 18.6. The summed E-state index contributed by atoms with van der Waals surface area (Å²) in [5, 5.41) is 11.3. The van der Waals surface area contributed by atoms with Crippen molar-refractivity contribution in [1.82, 2.24) is 0 Å². The molecule has 1 atom stereocenters. The maximum Gasteiger partial charge on any atom is 0.345 e. The average molecular weight is 384 g/mol. The highest BCUT2D eigenvalue weighted by molar-refractivity contribution is 7.84. The van der Waals surface area contributed by atoms with Gasteiger partial charge in [0.05, 0.1) is 16.6 Å². The van der Waals surface area contributed by atoms with E-state index in [2.05, 4.69) is 0 Å². The molecular weight excluding hydrogens is 370 g/mol. The van der Waals surface area contributed by atoms with Crippen molar-refractivity contribution in [3.05, 3.63) is 57.1 Å². The van der Waals surface area contributed by atoms with Crippen LogP contribution in [-0.4, -0.2) is 28.0 Å². The molecular formula is C16H14ClNO6S. The summed E-state index contributed by atoms with van der Waals surface area (Å²) in [5.74, 6) is -0.372. The highest BCUT2D eigenvalue weighted by atomic mass is 35.5. The number of nitrogens with zero attached hydrogens (tertiary/aromatic N) is 1. The lowest BCUT2D eigenvalue weighted by Gasteiger charge is -2.10. The maximum absolute atomic E-state index is 11.9. The predicted molar refractivity (Wildman–Crippen MR) is 92.9 cm³/mol. The van der Waals surface area contributed by atoms with Gasteiger partial charge < -0.3 is 9.47 Å². The number of hydrogen-bond acceptors (Lipinski definition) is 6. The number of ether oxygens (including phenoxy) is 2. The Bertz CT molecular complexity index is 855. The molecule has 2 rings (SSSR count). The molecule has 0 amide bonds. The highest BCUT2D eigenvalue weighted by Crippen LogP contribution is 2.33. The molecule has 0 radical (unpaired) electrons. The molecule has 9 heteroatoms. The fourth-order valence-electron chi connectivity index (χ4n) is 1.98. The van der Waals surface area contributed by atoms with Crippen LogP contribution in [0.25, 0.3) is 0 Å². The van der Waals surface area contributed by atoms with Gasteiger partial charge in [0.2, 0.25) is 0 Å². The van der Waals surface area contributed by atoms with Gasteiger partial charge in [-0.2, -0.15) is 0 Å². The van der Waals surface area contributed by atoms with E-state index in [0.717, 1.165) is 6.07 Å². The Balaban J connectivity index is 2.37. The first-order chi connectivity index (χ1) is 11.8. The molecule has 0 N–H and O–H groups in total. The van der Waals surface area contributed by atoms with E-state index in [4.69, 9.17) is 21.1 Å². The predicted octanol–water partition coefficient (Wildman–Crippen LogP) is 3.95. The fourth-order valence-corrected chi connectivity index (χ4v) is 2.81. The van der Waals surface area contributed by atoms with Crippen molar-refractivity contribution in [2.45, 2.75) is 11.8 Å². The summed E-state index contributed by atoms with van der Waals surface area (Å²) >= 11 is 6.10. The van der Waals surface area contributed by atoms with Crippen LogP contribution in [0.15, 0.2) is 41.3 Å². The molecule has 2 aromatic carbocycles. The second-order valence-electron chi connectivity index (χ2n) is 4.80. The number of nitro groups is 1. The minimum atomic E-state index is -1.19. The molecule has 0 aliphatic carbocycles. The van der Waals surface area contributed by atoms with Crippen LogP contribution < -0.4 is 4.74 Å². The zero-order valence-electron chi connectivity index (χ0n) is 13.4. The molecule has 132 valence electrons. The molecule has 0 bridgehead atoms. The highest BCUT2D eigenvalue weighted by Gasteiger charge is 2.22. The van der Waals surface area contributed by atoms with Crippen LogP contribution in [0.3, 0.4) is 0 Å². The zero-order valence-corrected chi connectivity index (χ0v) is 14.9. The van der Waals surface area contributed by atoms with Crippen LogP contribution in [0.2, 0.25) is 5.02 Å². The number of rotatable bonds is 6. The van der Waals surface area contributed by atoms with Gasteiger partial charge in [-0.1, -0.05) is 11.6 Å². The SMILES string of the molecule is CCOC(=O)c1cc(Oc2ccc(S(C)=O)cc2Cl)ccc1[N+](=O)[O-]. The molecule has 0 saturated heterocycles. The normalized spacial score (nSPS) is 11.6. The lowest BCUT2D eigenvalue weighted by atomic mass is 10.1. The monoisotopic (exact) mass is 383 g/mol. The van der Waals surface area contributed by atoms with Gasteiger partial charge in [0.1, 0.15) is 17.1 Å². The fraction of sp³-hybridized carbons (Fsp3) is 0.188. The number of carbonyl (C=O) groups is 1. The van der Waals surface area contributed by atoms with Crippen LogP contribution in [0.5, 0.6) is 11.5 Å². The lowest BCUT2D eigenvalue weighted by Crippen LogP contribution is -2.08. The van der Waals surface area contributed by atoms with Crippen LogP contribution in [0, 0.1) is 10.1 Å². The Hall–Kier alpha value is -2.45. The van der Waals surface area contributed by atoms with E-state index >= 15 is 0 Å². The molecule has 0 heterocycles. The topological polar surface area (TPSA) is 95.7 Å². The first-order valence-electron chi connectivity index (χ1n) is 7.10. The van der Waals surface area contributed by atoms with Gasteiger partial charge in [0.15, 0.2) is 0 Å². The van der Waals surface area contributed by atoms with Gasteiger partial charge in [-0.3, -0.25) is 14.3 Å². The maximum atomic E-state index is 11.9. The Morgan fingerprint density at radius 3 is 2.56 bits per heavy atom. The molecule has 0 saturated carbocycles. The van der Waals surface area contributed by atoms with E-state index in [9.17, 15) is 19.1 Å². The smallest absolute Gasteiger partial charge is 0.345 e. The summed E-state index contributed by atoms with van der Waals surface area (Å²) in [6.07, 6.45) is 1.52. The van der Waals surface area contributed by atoms with E-state index in [1.165, 1.54) is 30.5 Å². The van der Waals surface area contributed by atoms with Gasteiger partial charge in [0, 0.05) is 34.1 Å². The average Bonchev–Trinajstić information content (AvgIpc) is 2.56. The quantitative estimate of drug-likeness (QED) is 0.425. The Morgan fingerprint density at radius 2 is 2.00 bits per heavy atom. The standard InChI is InChI=1S/C16H14ClNO6S/c1-3-23-16(19)12-8-10(4-6-14(12)18(20)21)24-15-7-5-11(25(2)22)9-13(15)17/h4-9H,3H2,1-2H3. The van der Waals surface area contributed by atoms with Crippen LogP contribution in [-0.2, 0) is 15.5 Å². The number of carbonyl (C=O) groups excluding carboxylic acids is 1. The summed E-state index contributed by atoms with van der Waals surface area (Å²) in [6.45, 7) is 1.69. The number of nitro benzene ring substituents is 1. The summed E-state index contributed by atoms with van der Waals surface area (Å²) in [4.78, 5) is 22.8. The van der Waals surface area contributed by atoms with E-state index in [0.29, 0.717) is 4.90 Å². The molecule has 25 heavy (non-hydrogen) atoms. The largest absolute Gasteiger partial charge is 0.462 e. The molecule has 7 nitrogen and oxygen atoms in total. The number of esters is 1. The van der Waals surface area contributed by atoms with Crippen LogP contribution in [0.4, 0.5) is 5.69 Å². The number of benzene rings is 2. The summed E-state index contributed by atoms with van der Waals surface area (Å²) in [5.41, 5.74) is -0.597. The first kappa shape index (κ1) is 18.9. The van der Waals surface area contributed by atoms with Crippen molar-refractivity contribution in [2.24, 2.45) is 0 Å². The summed E-state index contributed by atoms with van der Waals surface area (Å²) in [7, 11) is -1.19. The van der Waals surface area contributed by atoms with Gasteiger partial charge in [-0.15, -0.1) is 0 Å². The van der Waals surface area contributed by atoms with E-state index in [1.54, 1.807) is 13.0 Å². The third kappa shape index (κ3) is 4.55. The second-order valence-corrected chi connectivity index (χ2v) is 6.59. The molecule has 0 aromatic heterocycles. The molecule has 0 spiro atoms. The van der Waals surface area contributed by atoms with Crippen molar-refractivity contribution in [1.29, 1.82) is 0 Å². The van der Waals surface area contributed by atoms with Crippen molar-refractivity contribution in [3.63, 3.8) is 0 Å². The van der Waals surface area contributed by atoms with E-state index in [1.807, 2.05) is 0 Å². The van der Waals surface area contributed by atoms with Gasteiger partial charge in [0.25, 0.3) is 5.69 Å². The summed E-state index contributed by atoms with van der Waals surface area (Å²) in [6, 6.07) is 8.36. The van der Waals surface area contributed by atoms with Crippen LogP contribution in [0.1, 0.15) is 17.3 Å². The van der Waals surface area contributed by atoms with Crippen molar-refractivity contribution < 1.29 is 23.4 Å². The van der Waals surface area contributed by atoms with Gasteiger partial charge >= 0.3 is 5.97 Å². The molecule has 0 fully saturated rings. The van der Waals surface area contributed by atoms with E-state index < -0.39 is 21.7 Å². The molecule has 0 aliphatic rings.